The SMILES string of the molecule is CCc1nc2cc(NC3CC4CC=CC43)ccc2o1. The van der Waals surface area contributed by atoms with Crippen LogP contribution in [-0.4, -0.2) is 11.0 Å². The molecule has 0 spiro atoms. The molecule has 19 heavy (non-hydrogen) atoms. The van der Waals surface area contributed by atoms with Crippen molar-refractivity contribution in [2.45, 2.75) is 32.2 Å². The van der Waals surface area contributed by atoms with Gasteiger partial charge in [-0.2, -0.15) is 0 Å². The lowest BCUT2D eigenvalue weighted by atomic mass is 9.71. The second kappa shape index (κ2) is 4.12. The molecule has 3 unspecified atom stereocenters. The molecule has 0 amide bonds. The molecule has 0 bridgehead atoms. The monoisotopic (exact) mass is 254 g/mol. The van der Waals surface area contributed by atoms with Gasteiger partial charge in [0.2, 0.25) is 0 Å². The molecule has 98 valence electrons. The molecule has 0 aliphatic heterocycles. The van der Waals surface area contributed by atoms with Crippen LogP contribution in [0.2, 0.25) is 0 Å². The Morgan fingerprint density at radius 1 is 1.42 bits per heavy atom. The van der Waals surface area contributed by atoms with E-state index in [0.29, 0.717) is 6.04 Å². The van der Waals surface area contributed by atoms with E-state index < -0.39 is 0 Å². The Morgan fingerprint density at radius 2 is 2.37 bits per heavy atom. The van der Waals surface area contributed by atoms with E-state index in [2.05, 4.69) is 41.5 Å². The lowest BCUT2D eigenvalue weighted by Crippen LogP contribution is -2.43. The number of fused-ring (bicyclic) bond motifs is 2. The summed E-state index contributed by atoms with van der Waals surface area (Å²) in [5.41, 5.74) is 3.00. The predicted molar refractivity (Wildman–Crippen MR) is 76.2 cm³/mol. The molecule has 1 N–H and O–H groups in total. The molecule has 2 aliphatic carbocycles. The molecular weight excluding hydrogens is 236 g/mol. The van der Waals surface area contributed by atoms with Crippen molar-refractivity contribution in [2.75, 3.05) is 5.32 Å². The first-order chi connectivity index (χ1) is 9.33. The van der Waals surface area contributed by atoms with Gasteiger partial charge in [0.25, 0.3) is 0 Å². The van der Waals surface area contributed by atoms with Crippen LogP contribution < -0.4 is 5.32 Å². The van der Waals surface area contributed by atoms with E-state index in [1.807, 2.05) is 6.07 Å². The van der Waals surface area contributed by atoms with Crippen LogP contribution in [0.15, 0.2) is 34.8 Å². The van der Waals surface area contributed by atoms with Crippen LogP contribution >= 0.6 is 0 Å². The number of oxazole rings is 1. The fraction of sp³-hybridized carbons (Fsp3) is 0.438. The summed E-state index contributed by atoms with van der Waals surface area (Å²) >= 11 is 0. The second-order valence-corrected chi connectivity index (χ2v) is 5.63. The first kappa shape index (κ1) is 11.1. The van der Waals surface area contributed by atoms with Crippen LogP contribution in [0.1, 0.15) is 25.7 Å². The minimum Gasteiger partial charge on any atom is -0.441 e. The quantitative estimate of drug-likeness (QED) is 0.847. The highest BCUT2D eigenvalue weighted by atomic mass is 16.3. The molecule has 1 heterocycles. The molecule has 2 aromatic rings. The van der Waals surface area contributed by atoms with Crippen LogP contribution in [-0.2, 0) is 6.42 Å². The van der Waals surface area contributed by atoms with E-state index >= 15 is 0 Å². The molecule has 1 aromatic heterocycles. The van der Waals surface area contributed by atoms with Crippen molar-refractivity contribution in [3.63, 3.8) is 0 Å². The number of nitrogens with zero attached hydrogens (tertiary/aromatic N) is 1. The standard InChI is InChI=1S/C16H18N2O/c1-2-16-18-14-9-11(6-7-15(14)19-16)17-13-8-10-4-3-5-12(10)13/h3,5-7,9-10,12-13,17H,2,4,8H2,1H3. The summed E-state index contributed by atoms with van der Waals surface area (Å²) in [6.07, 6.45) is 8.09. The molecular formula is C16H18N2O. The summed E-state index contributed by atoms with van der Waals surface area (Å²) in [4.78, 5) is 4.49. The summed E-state index contributed by atoms with van der Waals surface area (Å²) in [6, 6.07) is 6.81. The van der Waals surface area contributed by atoms with Crippen molar-refractivity contribution in [2.24, 2.45) is 11.8 Å². The molecule has 4 rings (SSSR count). The summed E-state index contributed by atoms with van der Waals surface area (Å²) in [5.74, 6) is 2.44. The topological polar surface area (TPSA) is 38.1 Å². The van der Waals surface area contributed by atoms with Gasteiger partial charge in [-0.3, -0.25) is 0 Å². The van der Waals surface area contributed by atoms with Gasteiger partial charge in [-0.15, -0.1) is 0 Å². The number of hydrogen-bond donors (Lipinski definition) is 1. The van der Waals surface area contributed by atoms with Gasteiger partial charge in [0.05, 0.1) is 0 Å². The molecule has 2 aliphatic rings. The first-order valence-electron chi connectivity index (χ1n) is 7.16. The number of rotatable bonds is 3. The highest BCUT2D eigenvalue weighted by Gasteiger charge is 2.40. The molecule has 1 aromatic carbocycles. The molecule has 3 nitrogen and oxygen atoms in total. The maximum atomic E-state index is 5.64. The zero-order valence-corrected chi connectivity index (χ0v) is 11.1. The van der Waals surface area contributed by atoms with Crippen LogP contribution in [0.4, 0.5) is 5.69 Å². The largest absolute Gasteiger partial charge is 0.441 e. The Labute approximate surface area is 112 Å². The zero-order chi connectivity index (χ0) is 12.8. The van der Waals surface area contributed by atoms with Crippen molar-refractivity contribution >= 4 is 16.8 Å². The second-order valence-electron chi connectivity index (χ2n) is 5.63. The van der Waals surface area contributed by atoms with Crippen LogP contribution in [0.5, 0.6) is 0 Å². The smallest absolute Gasteiger partial charge is 0.195 e. The number of aromatic nitrogens is 1. The third-order valence-electron chi connectivity index (χ3n) is 4.45. The Hall–Kier alpha value is -1.77. The van der Waals surface area contributed by atoms with Gasteiger partial charge < -0.3 is 9.73 Å². The summed E-state index contributed by atoms with van der Waals surface area (Å²) in [6.45, 7) is 2.06. The third kappa shape index (κ3) is 1.76. The van der Waals surface area contributed by atoms with Crippen LogP contribution in [0.25, 0.3) is 11.1 Å². The average Bonchev–Trinajstić information content (AvgIpc) is 2.98. The number of anilines is 1. The number of hydrogen-bond acceptors (Lipinski definition) is 3. The van der Waals surface area contributed by atoms with Crippen molar-refractivity contribution in [3.8, 4) is 0 Å². The van der Waals surface area contributed by atoms with Gasteiger partial charge in [0.15, 0.2) is 11.5 Å². The minimum absolute atomic E-state index is 0.596. The van der Waals surface area contributed by atoms with Gasteiger partial charge in [-0.05, 0) is 37.0 Å². The van der Waals surface area contributed by atoms with E-state index in [-0.39, 0.29) is 0 Å². The Bertz CT molecular complexity index is 643. The Balaban J connectivity index is 1.56. The molecule has 0 saturated heterocycles. The molecule has 3 heteroatoms. The number of nitrogens with one attached hydrogen (secondary N) is 1. The van der Waals surface area contributed by atoms with E-state index in [4.69, 9.17) is 4.42 Å². The van der Waals surface area contributed by atoms with Crippen molar-refractivity contribution in [3.05, 3.63) is 36.2 Å². The molecule has 3 atom stereocenters. The number of benzene rings is 1. The zero-order valence-electron chi connectivity index (χ0n) is 11.1. The van der Waals surface area contributed by atoms with Crippen molar-refractivity contribution < 1.29 is 4.42 Å². The van der Waals surface area contributed by atoms with Gasteiger partial charge in [-0.25, -0.2) is 4.98 Å². The van der Waals surface area contributed by atoms with E-state index in [1.165, 1.54) is 12.8 Å². The maximum absolute atomic E-state index is 5.64. The fourth-order valence-electron chi connectivity index (χ4n) is 3.31. The molecule has 0 radical (unpaired) electrons. The van der Waals surface area contributed by atoms with Crippen LogP contribution in [0.3, 0.4) is 0 Å². The molecule has 1 fully saturated rings. The van der Waals surface area contributed by atoms with Gasteiger partial charge in [0, 0.05) is 24.1 Å². The highest BCUT2D eigenvalue weighted by Crippen LogP contribution is 2.44. The predicted octanol–water partition coefficient (Wildman–Crippen LogP) is 3.77. The molecule has 1 saturated carbocycles. The van der Waals surface area contributed by atoms with E-state index in [1.54, 1.807) is 0 Å². The summed E-state index contributed by atoms with van der Waals surface area (Å²) in [5, 5.41) is 3.64. The lowest BCUT2D eigenvalue weighted by molar-refractivity contribution is 0.218. The van der Waals surface area contributed by atoms with Gasteiger partial charge >= 0.3 is 0 Å². The highest BCUT2D eigenvalue weighted by molar-refractivity contribution is 5.77. The minimum atomic E-state index is 0.596. The lowest BCUT2D eigenvalue weighted by Gasteiger charge is -2.41. The van der Waals surface area contributed by atoms with E-state index in [9.17, 15) is 0 Å². The summed E-state index contributed by atoms with van der Waals surface area (Å²) in [7, 11) is 0. The van der Waals surface area contributed by atoms with Crippen molar-refractivity contribution in [1.82, 2.24) is 4.98 Å². The Morgan fingerprint density at radius 3 is 3.21 bits per heavy atom. The average molecular weight is 254 g/mol. The van der Waals surface area contributed by atoms with Crippen LogP contribution in [0, 0.1) is 11.8 Å². The number of allylic oxidation sites excluding steroid dienone is 1. The van der Waals surface area contributed by atoms with E-state index in [0.717, 1.165) is 40.9 Å². The third-order valence-corrected chi connectivity index (χ3v) is 4.45. The Kier molecular flexibility index (Phi) is 2.40. The van der Waals surface area contributed by atoms with Gasteiger partial charge in [-0.1, -0.05) is 19.1 Å². The maximum Gasteiger partial charge on any atom is 0.195 e. The fourth-order valence-corrected chi connectivity index (χ4v) is 3.31. The van der Waals surface area contributed by atoms with Gasteiger partial charge in [0.1, 0.15) is 5.52 Å². The normalized spacial score (nSPS) is 28.4. The summed E-state index contributed by atoms with van der Waals surface area (Å²) < 4.78 is 5.64. The first-order valence-corrected chi connectivity index (χ1v) is 7.16. The number of aryl methyl sites for hydroxylation is 1. The van der Waals surface area contributed by atoms with Crippen molar-refractivity contribution in [1.29, 1.82) is 0 Å².